The van der Waals surface area contributed by atoms with E-state index in [1.165, 1.54) is 0 Å². The lowest BCUT2D eigenvalue weighted by molar-refractivity contribution is 0.183. The van der Waals surface area contributed by atoms with Crippen LogP contribution in [-0.2, 0) is 11.3 Å². The van der Waals surface area contributed by atoms with Crippen LogP contribution in [0.4, 0.5) is 5.69 Å². The molecule has 7 nitrogen and oxygen atoms in total. The molecule has 0 saturated carbocycles. The minimum Gasteiger partial charge on any atom is -0.383 e. The molecule has 4 N–H and O–H groups in total. The highest BCUT2D eigenvalue weighted by molar-refractivity contribution is 5.92. The zero-order valence-electron chi connectivity index (χ0n) is 8.90. The summed E-state index contributed by atoms with van der Waals surface area (Å²) in [4.78, 5) is 3.88. The average Bonchev–Trinajstić information content (AvgIpc) is 2.70. The van der Waals surface area contributed by atoms with Gasteiger partial charge in [0.15, 0.2) is 0 Å². The van der Waals surface area contributed by atoms with Crippen molar-refractivity contribution in [2.75, 3.05) is 26.1 Å². The second-order valence-electron chi connectivity index (χ2n) is 2.83. The Morgan fingerprint density at radius 2 is 2.53 bits per heavy atom. The van der Waals surface area contributed by atoms with E-state index >= 15 is 0 Å². The van der Waals surface area contributed by atoms with Crippen molar-refractivity contribution in [3.8, 4) is 0 Å². The predicted molar refractivity (Wildman–Crippen MR) is 58.4 cm³/mol. The monoisotopic (exact) mass is 212 g/mol. The first-order valence-electron chi connectivity index (χ1n) is 4.52. The van der Waals surface area contributed by atoms with Crippen molar-refractivity contribution < 1.29 is 4.74 Å². The van der Waals surface area contributed by atoms with Gasteiger partial charge in [-0.05, 0) is 0 Å². The number of nitrogens with one attached hydrogen (secondary N) is 2. The van der Waals surface area contributed by atoms with Gasteiger partial charge in [0.05, 0.1) is 25.0 Å². The van der Waals surface area contributed by atoms with Gasteiger partial charge in [-0.2, -0.15) is 5.10 Å². The highest BCUT2D eigenvalue weighted by Gasteiger charge is 2.00. The van der Waals surface area contributed by atoms with E-state index in [4.69, 9.17) is 10.6 Å². The minimum absolute atomic E-state index is 0.487. The molecule has 0 bridgehead atoms. The number of guanidine groups is 1. The van der Waals surface area contributed by atoms with E-state index in [1.54, 1.807) is 25.0 Å². The number of anilines is 1. The van der Waals surface area contributed by atoms with Crippen LogP contribution in [0.15, 0.2) is 17.4 Å². The zero-order chi connectivity index (χ0) is 11.1. The van der Waals surface area contributed by atoms with Crippen LogP contribution in [0, 0.1) is 0 Å². The molecular formula is C8H16N6O. The summed E-state index contributed by atoms with van der Waals surface area (Å²) in [7, 11) is 3.29. The Morgan fingerprint density at radius 1 is 1.73 bits per heavy atom. The van der Waals surface area contributed by atoms with Gasteiger partial charge in [-0.15, -0.1) is 0 Å². The molecule has 1 heterocycles. The SMILES string of the molecule is CN=C(NN)Nc1cnn(CCOC)c1. The maximum absolute atomic E-state index is 5.23. The first kappa shape index (κ1) is 11.5. The standard InChI is InChI=1S/C8H16N6O/c1-10-8(13-9)12-7-5-11-14(6-7)3-4-15-2/h5-6H,3-4,9H2,1-2H3,(H2,10,12,13). The molecule has 7 heteroatoms. The van der Waals surface area contributed by atoms with Crippen LogP contribution in [0.5, 0.6) is 0 Å². The van der Waals surface area contributed by atoms with Crippen LogP contribution in [-0.4, -0.2) is 36.5 Å². The van der Waals surface area contributed by atoms with Gasteiger partial charge in [0, 0.05) is 20.4 Å². The summed E-state index contributed by atoms with van der Waals surface area (Å²) in [5.41, 5.74) is 3.25. The fraction of sp³-hybridized carbons (Fsp3) is 0.500. The Kier molecular flexibility index (Phi) is 4.58. The van der Waals surface area contributed by atoms with Crippen LogP contribution in [0.3, 0.4) is 0 Å². The molecule has 0 atom stereocenters. The summed E-state index contributed by atoms with van der Waals surface area (Å²) in [6.45, 7) is 1.35. The highest BCUT2D eigenvalue weighted by Crippen LogP contribution is 2.03. The molecule has 0 unspecified atom stereocenters. The predicted octanol–water partition coefficient (Wildman–Crippen LogP) is -0.609. The van der Waals surface area contributed by atoms with E-state index in [0.29, 0.717) is 19.1 Å². The number of rotatable bonds is 4. The molecule has 0 aliphatic heterocycles. The third-order valence-corrected chi connectivity index (χ3v) is 1.78. The van der Waals surface area contributed by atoms with E-state index < -0.39 is 0 Å². The molecule has 0 aliphatic carbocycles. The molecule has 0 saturated heterocycles. The van der Waals surface area contributed by atoms with Gasteiger partial charge in [-0.25, -0.2) is 5.84 Å². The number of nitrogens with zero attached hydrogens (tertiary/aromatic N) is 3. The smallest absolute Gasteiger partial charge is 0.210 e. The van der Waals surface area contributed by atoms with Crippen LogP contribution >= 0.6 is 0 Å². The molecule has 0 aliphatic rings. The molecule has 15 heavy (non-hydrogen) atoms. The summed E-state index contributed by atoms with van der Waals surface area (Å²) < 4.78 is 6.71. The number of hydrazine groups is 1. The summed E-state index contributed by atoms with van der Waals surface area (Å²) in [5, 5.41) is 7.09. The number of hydrogen-bond acceptors (Lipinski definition) is 4. The van der Waals surface area contributed by atoms with E-state index in [0.717, 1.165) is 5.69 Å². The van der Waals surface area contributed by atoms with E-state index in [-0.39, 0.29) is 0 Å². The topological polar surface area (TPSA) is 89.5 Å². The molecule has 1 aromatic heterocycles. The number of aromatic nitrogens is 2. The van der Waals surface area contributed by atoms with Crippen molar-refractivity contribution in [1.82, 2.24) is 15.2 Å². The number of ether oxygens (including phenoxy) is 1. The maximum atomic E-state index is 5.23. The van der Waals surface area contributed by atoms with Crippen LogP contribution in [0.25, 0.3) is 0 Å². The molecule has 0 aromatic carbocycles. The van der Waals surface area contributed by atoms with E-state index in [2.05, 4.69) is 20.8 Å². The lowest BCUT2D eigenvalue weighted by atomic mass is 10.5. The zero-order valence-corrected chi connectivity index (χ0v) is 8.90. The number of nitrogens with two attached hydrogens (primary N) is 1. The number of methoxy groups -OCH3 is 1. The van der Waals surface area contributed by atoms with Crippen LogP contribution in [0.2, 0.25) is 0 Å². The molecule has 0 spiro atoms. The van der Waals surface area contributed by atoms with Gasteiger partial charge >= 0.3 is 0 Å². The first-order valence-corrected chi connectivity index (χ1v) is 4.52. The van der Waals surface area contributed by atoms with Gasteiger partial charge in [-0.1, -0.05) is 0 Å². The third kappa shape index (κ3) is 3.56. The molecule has 1 rings (SSSR count). The van der Waals surface area contributed by atoms with Gasteiger partial charge in [0.2, 0.25) is 5.96 Å². The van der Waals surface area contributed by atoms with E-state index in [1.807, 2.05) is 6.20 Å². The van der Waals surface area contributed by atoms with Crippen molar-refractivity contribution in [2.24, 2.45) is 10.8 Å². The normalized spacial score (nSPS) is 11.5. The summed E-state index contributed by atoms with van der Waals surface area (Å²) in [5.74, 6) is 5.71. The summed E-state index contributed by atoms with van der Waals surface area (Å²) >= 11 is 0. The van der Waals surface area contributed by atoms with Gasteiger partial charge in [0.25, 0.3) is 0 Å². The molecule has 0 amide bonds. The first-order chi connectivity index (χ1) is 7.30. The number of aliphatic imine (C=N–C) groups is 1. The Morgan fingerprint density at radius 3 is 3.13 bits per heavy atom. The second-order valence-corrected chi connectivity index (χ2v) is 2.83. The Hall–Kier alpha value is -1.60. The lowest BCUT2D eigenvalue weighted by Gasteiger charge is -2.04. The van der Waals surface area contributed by atoms with E-state index in [9.17, 15) is 0 Å². The molecule has 84 valence electrons. The largest absolute Gasteiger partial charge is 0.383 e. The van der Waals surface area contributed by atoms with Crippen molar-refractivity contribution in [1.29, 1.82) is 0 Å². The van der Waals surface area contributed by atoms with Gasteiger partial charge in [-0.3, -0.25) is 15.1 Å². The van der Waals surface area contributed by atoms with Crippen LogP contribution < -0.4 is 16.6 Å². The quantitative estimate of drug-likeness (QED) is 0.268. The number of hydrogen-bond donors (Lipinski definition) is 3. The maximum Gasteiger partial charge on any atom is 0.210 e. The third-order valence-electron chi connectivity index (χ3n) is 1.78. The molecular weight excluding hydrogens is 196 g/mol. The van der Waals surface area contributed by atoms with Gasteiger partial charge in [0.1, 0.15) is 0 Å². The fourth-order valence-electron chi connectivity index (χ4n) is 1.03. The summed E-state index contributed by atoms with van der Waals surface area (Å²) in [6.07, 6.45) is 3.54. The highest BCUT2D eigenvalue weighted by atomic mass is 16.5. The lowest BCUT2D eigenvalue weighted by Crippen LogP contribution is -2.35. The van der Waals surface area contributed by atoms with Gasteiger partial charge < -0.3 is 10.1 Å². The molecule has 0 fully saturated rings. The minimum atomic E-state index is 0.487. The van der Waals surface area contributed by atoms with Crippen molar-refractivity contribution in [3.05, 3.63) is 12.4 Å². The molecule has 0 radical (unpaired) electrons. The summed E-state index contributed by atoms with van der Waals surface area (Å²) in [6, 6.07) is 0. The average molecular weight is 212 g/mol. The Labute approximate surface area is 88.3 Å². The molecule has 1 aromatic rings. The second kappa shape index (κ2) is 5.99. The van der Waals surface area contributed by atoms with Crippen molar-refractivity contribution in [3.63, 3.8) is 0 Å². The Bertz CT molecular complexity index is 321. The Balaban J connectivity index is 2.52. The van der Waals surface area contributed by atoms with Crippen molar-refractivity contribution >= 4 is 11.6 Å². The fourth-order valence-corrected chi connectivity index (χ4v) is 1.03. The van der Waals surface area contributed by atoms with Crippen LogP contribution in [0.1, 0.15) is 0 Å². The van der Waals surface area contributed by atoms with Crippen molar-refractivity contribution in [2.45, 2.75) is 6.54 Å².